The van der Waals surface area contributed by atoms with Gasteiger partial charge in [0.2, 0.25) is 5.88 Å². The summed E-state index contributed by atoms with van der Waals surface area (Å²) in [7, 11) is 0. The van der Waals surface area contributed by atoms with Gasteiger partial charge in [-0.3, -0.25) is 0 Å². The van der Waals surface area contributed by atoms with Gasteiger partial charge in [0.25, 0.3) is 0 Å². The van der Waals surface area contributed by atoms with Gasteiger partial charge in [0.15, 0.2) is 0 Å². The summed E-state index contributed by atoms with van der Waals surface area (Å²) in [6, 6.07) is 4.66. The van der Waals surface area contributed by atoms with Crippen molar-refractivity contribution < 1.29 is 4.74 Å². The Morgan fingerprint density at radius 3 is 2.52 bits per heavy atom. The second-order valence-corrected chi connectivity index (χ2v) is 6.11. The van der Waals surface area contributed by atoms with E-state index in [1.54, 1.807) is 0 Å². The SMILES string of the molecule is CCCCCCCCOc1cc(CNC(C)C)cc(C)n1. The Bertz CT molecular complexity index is 391. The topological polar surface area (TPSA) is 34.1 Å². The molecule has 0 aliphatic heterocycles. The molecule has 120 valence electrons. The van der Waals surface area contributed by atoms with Crippen LogP contribution in [0.25, 0.3) is 0 Å². The Morgan fingerprint density at radius 1 is 1.10 bits per heavy atom. The molecular formula is C18H32N2O. The van der Waals surface area contributed by atoms with Crippen molar-refractivity contribution in [1.29, 1.82) is 0 Å². The summed E-state index contributed by atoms with van der Waals surface area (Å²) in [6.45, 7) is 10.2. The third kappa shape index (κ3) is 8.71. The van der Waals surface area contributed by atoms with Gasteiger partial charge >= 0.3 is 0 Å². The number of hydrogen-bond donors (Lipinski definition) is 1. The van der Waals surface area contributed by atoms with Crippen molar-refractivity contribution in [3.8, 4) is 5.88 Å². The maximum absolute atomic E-state index is 5.80. The van der Waals surface area contributed by atoms with Gasteiger partial charge in [0.1, 0.15) is 0 Å². The van der Waals surface area contributed by atoms with E-state index in [4.69, 9.17) is 4.74 Å². The molecule has 0 amide bonds. The third-order valence-corrected chi connectivity index (χ3v) is 3.45. The van der Waals surface area contributed by atoms with Crippen molar-refractivity contribution in [3.05, 3.63) is 23.4 Å². The molecule has 0 fully saturated rings. The smallest absolute Gasteiger partial charge is 0.213 e. The quantitative estimate of drug-likeness (QED) is 0.604. The Balaban J connectivity index is 2.30. The molecule has 0 aromatic carbocycles. The Labute approximate surface area is 130 Å². The van der Waals surface area contributed by atoms with Crippen LogP contribution in [0.5, 0.6) is 5.88 Å². The number of ether oxygens (including phenoxy) is 1. The van der Waals surface area contributed by atoms with E-state index in [-0.39, 0.29) is 0 Å². The van der Waals surface area contributed by atoms with Crippen LogP contribution in [0.2, 0.25) is 0 Å². The van der Waals surface area contributed by atoms with Crippen LogP contribution in [-0.2, 0) is 6.54 Å². The molecule has 1 N–H and O–H groups in total. The van der Waals surface area contributed by atoms with Gasteiger partial charge in [-0.05, 0) is 25.0 Å². The fraction of sp³-hybridized carbons (Fsp3) is 0.722. The van der Waals surface area contributed by atoms with Crippen molar-refractivity contribution in [1.82, 2.24) is 10.3 Å². The van der Waals surface area contributed by atoms with Crippen LogP contribution in [-0.4, -0.2) is 17.6 Å². The molecule has 1 heterocycles. The fourth-order valence-electron chi connectivity index (χ4n) is 2.26. The molecule has 0 bridgehead atoms. The molecule has 0 radical (unpaired) electrons. The largest absolute Gasteiger partial charge is 0.478 e. The number of nitrogens with zero attached hydrogens (tertiary/aromatic N) is 1. The molecule has 1 aromatic heterocycles. The van der Waals surface area contributed by atoms with Crippen molar-refractivity contribution >= 4 is 0 Å². The average molecular weight is 292 g/mol. The fourth-order valence-corrected chi connectivity index (χ4v) is 2.26. The highest BCUT2D eigenvalue weighted by atomic mass is 16.5. The molecular weight excluding hydrogens is 260 g/mol. The van der Waals surface area contributed by atoms with Gasteiger partial charge in [0.05, 0.1) is 6.61 Å². The summed E-state index contributed by atoms with van der Waals surface area (Å²) >= 11 is 0. The lowest BCUT2D eigenvalue weighted by atomic mass is 10.1. The highest BCUT2D eigenvalue weighted by Gasteiger charge is 2.02. The average Bonchev–Trinajstić information content (AvgIpc) is 2.44. The number of rotatable bonds is 11. The monoisotopic (exact) mass is 292 g/mol. The van der Waals surface area contributed by atoms with Crippen molar-refractivity contribution in [2.45, 2.75) is 78.8 Å². The van der Waals surface area contributed by atoms with Crippen LogP contribution >= 0.6 is 0 Å². The molecule has 0 spiro atoms. The molecule has 0 saturated carbocycles. The highest BCUT2D eigenvalue weighted by Crippen LogP contribution is 2.13. The van der Waals surface area contributed by atoms with E-state index >= 15 is 0 Å². The third-order valence-electron chi connectivity index (χ3n) is 3.45. The number of hydrogen-bond acceptors (Lipinski definition) is 3. The van der Waals surface area contributed by atoms with Gasteiger partial charge in [-0.15, -0.1) is 0 Å². The van der Waals surface area contributed by atoms with Crippen molar-refractivity contribution in [3.63, 3.8) is 0 Å². The maximum atomic E-state index is 5.80. The molecule has 21 heavy (non-hydrogen) atoms. The second-order valence-electron chi connectivity index (χ2n) is 6.11. The highest BCUT2D eigenvalue weighted by molar-refractivity contribution is 5.24. The summed E-state index contributed by atoms with van der Waals surface area (Å²) in [5.74, 6) is 0.768. The van der Waals surface area contributed by atoms with Crippen LogP contribution in [0.4, 0.5) is 0 Å². The lowest BCUT2D eigenvalue weighted by Gasteiger charge is -2.11. The van der Waals surface area contributed by atoms with Crippen LogP contribution in [0, 0.1) is 6.92 Å². The molecule has 0 saturated heterocycles. The zero-order valence-electron chi connectivity index (χ0n) is 14.2. The van der Waals surface area contributed by atoms with Crippen LogP contribution in [0.1, 0.15) is 70.6 Å². The first-order valence-corrected chi connectivity index (χ1v) is 8.45. The van der Waals surface area contributed by atoms with Crippen molar-refractivity contribution in [2.75, 3.05) is 6.61 Å². The number of aromatic nitrogens is 1. The van der Waals surface area contributed by atoms with E-state index < -0.39 is 0 Å². The summed E-state index contributed by atoms with van der Waals surface area (Å²) in [5, 5.41) is 3.43. The minimum Gasteiger partial charge on any atom is -0.478 e. The van der Waals surface area contributed by atoms with Crippen LogP contribution < -0.4 is 10.1 Å². The molecule has 1 aromatic rings. The molecule has 0 atom stereocenters. The minimum atomic E-state index is 0.492. The number of unbranched alkanes of at least 4 members (excludes halogenated alkanes) is 5. The molecule has 0 aliphatic rings. The zero-order chi connectivity index (χ0) is 15.5. The molecule has 3 heteroatoms. The molecule has 3 nitrogen and oxygen atoms in total. The van der Waals surface area contributed by atoms with Crippen LogP contribution in [0.15, 0.2) is 12.1 Å². The van der Waals surface area contributed by atoms with Gasteiger partial charge in [-0.1, -0.05) is 52.9 Å². The summed E-state index contributed by atoms with van der Waals surface area (Å²) in [6.07, 6.45) is 7.71. The summed E-state index contributed by atoms with van der Waals surface area (Å²) < 4.78 is 5.80. The maximum Gasteiger partial charge on any atom is 0.213 e. The second kappa shape index (κ2) is 10.6. The molecule has 1 rings (SSSR count). The summed E-state index contributed by atoms with van der Waals surface area (Å²) in [5.41, 5.74) is 2.27. The zero-order valence-corrected chi connectivity index (χ0v) is 14.2. The van der Waals surface area contributed by atoms with Gasteiger partial charge in [-0.25, -0.2) is 4.98 Å². The van der Waals surface area contributed by atoms with E-state index in [1.165, 1.54) is 37.7 Å². The van der Waals surface area contributed by atoms with Gasteiger partial charge in [-0.2, -0.15) is 0 Å². The van der Waals surface area contributed by atoms with E-state index in [2.05, 4.69) is 43.2 Å². The first kappa shape index (κ1) is 18.0. The molecule has 0 unspecified atom stereocenters. The Hall–Kier alpha value is -1.09. The number of aryl methyl sites for hydroxylation is 1. The predicted octanol–water partition coefficient (Wildman–Crippen LogP) is 4.63. The number of pyridine rings is 1. The predicted molar refractivity (Wildman–Crippen MR) is 89.8 cm³/mol. The van der Waals surface area contributed by atoms with E-state index in [0.29, 0.717) is 6.04 Å². The van der Waals surface area contributed by atoms with Gasteiger partial charge in [0, 0.05) is 24.3 Å². The van der Waals surface area contributed by atoms with E-state index in [0.717, 1.165) is 31.1 Å². The lowest BCUT2D eigenvalue weighted by molar-refractivity contribution is 0.292. The first-order chi connectivity index (χ1) is 10.1. The standard InChI is InChI=1S/C18H32N2O/c1-5-6-7-8-9-10-11-21-18-13-17(12-16(4)20-18)14-19-15(2)3/h12-13,15,19H,5-11,14H2,1-4H3. The van der Waals surface area contributed by atoms with Crippen molar-refractivity contribution in [2.24, 2.45) is 0 Å². The van der Waals surface area contributed by atoms with Gasteiger partial charge < -0.3 is 10.1 Å². The Morgan fingerprint density at radius 2 is 1.81 bits per heavy atom. The normalized spacial score (nSPS) is 11.1. The summed E-state index contributed by atoms with van der Waals surface area (Å²) in [4.78, 5) is 4.46. The first-order valence-electron chi connectivity index (χ1n) is 8.45. The Kier molecular flexibility index (Phi) is 9.07. The number of nitrogens with one attached hydrogen (secondary N) is 1. The molecule has 0 aliphatic carbocycles. The van der Waals surface area contributed by atoms with Crippen LogP contribution in [0.3, 0.4) is 0 Å². The van der Waals surface area contributed by atoms with E-state index in [9.17, 15) is 0 Å². The minimum absolute atomic E-state index is 0.492. The van der Waals surface area contributed by atoms with E-state index in [1.807, 2.05) is 6.92 Å². The lowest BCUT2D eigenvalue weighted by Crippen LogP contribution is -2.22.